The van der Waals surface area contributed by atoms with Gasteiger partial charge in [0.25, 0.3) is 0 Å². The Bertz CT molecular complexity index is 429. The van der Waals surface area contributed by atoms with Crippen LogP contribution in [-0.4, -0.2) is 32.8 Å². The second-order valence-electron chi connectivity index (χ2n) is 4.33. The molecule has 0 aromatic heterocycles. The molecule has 0 aliphatic rings. The molecule has 0 fully saturated rings. The number of nitrogens with one attached hydrogen (secondary N) is 1. The van der Waals surface area contributed by atoms with Gasteiger partial charge in [-0.15, -0.1) is 0 Å². The quantitative estimate of drug-likeness (QED) is 0.810. The first-order chi connectivity index (χ1) is 8.51. The first kappa shape index (κ1) is 14.5. The second-order valence-corrected chi connectivity index (χ2v) is 4.33. The summed E-state index contributed by atoms with van der Waals surface area (Å²) in [6.45, 7) is 6.31. The summed E-state index contributed by atoms with van der Waals surface area (Å²) in [6.07, 6.45) is 0. The average Bonchev–Trinajstić information content (AvgIpc) is 2.37. The van der Waals surface area contributed by atoms with Gasteiger partial charge in [-0.2, -0.15) is 0 Å². The van der Waals surface area contributed by atoms with Crippen molar-refractivity contribution in [3.8, 4) is 5.75 Å². The van der Waals surface area contributed by atoms with Crippen molar-refractivity contribution in [1.29, 1.82) is 0 Å². The number of aryl methyl sites for hydroxylation is 2. The largest absolute Gasteiger partial charge is 0.491 e. The normalized spacial score (nSPS) is 12.1. The van der Waals surface area contributed by atoms with Gasteiger partial charge in [-0.25, -0.2) is 0 Å². The molecule has 1 unspecified atom stereocenters. The molecule has 1 aromatic carbocycles. The molecule has 0 saturated heterocycles. The van der Waals surface area contributed by atoms with E-state index in [1.165, 1.54) is 12.7 Å². The van der Waals surface area contributed by atoms with E-state index in [2.05, 4.69) is 11.4 Å². The van der Waals surface area contributed by atoms with Crippen molar-refractivity contribution in [2.24, 2.45) is 0 Å². The molecule has 0 aliphatic heterocycles. The molecule has 0 spiro atoms. The van der Waals surface area contributed by atoms with Crippen LogP contribution in [0.25, 0.3) is 0 Å². The SMILES string of the molecule is CNC(COc1c(C)ccc(C)c1C)C(=O)OC. The Hall–Kier alpha value is -1.55. The molecule has 0 aliphatic carbocycles. The van der Waals surface area contributed by atoms with Gasteiger partial charge >= 0.3 is 5.97 Å². The molecule has 0 heterocycles. The van der Waals surface area contributed by atoms with Gasteiger partial charge in [0, 0.05) is 0 Å². The van der Waals surface area contributed by atoms with Gasteiger partial charge < -0.3 is 14.8 Å². The third-order valence-electron chi connectivity index (χ3n) is 3.10. The summed E-state index contributed by atoms with van der Waals surface area (Å²) in [7, 11) is 3.08. The molecule has 0 saturated carbocycles. The number of esters is 1. The number of benzene rings is 1. The fraction of sp³-hybridized carbons (Fsp3) is 0.500. The van der Waals surface area contributed by atoms with Crippen molar-refractivity contribution in [2.75, 3.05) is 20.8 Å². The Labute approximate surface area is 108 Å². The zero-order valence-electron chi connectivity index (χ0n) is 11.7. The van der Waals surface area contributed by atoms with Crippen molar-refractivity contribution in [2.45, 2.75) is 26.8 Å². The fourth-order valence-electron chi connectivity index (χ4n) is 1.73. The highest BCUT2D eigenvalue weighted by atomic mass is 16.5. The topological polar surface area (TPSA) is 47.6 Å². The smallest absolute Gasteiger partial charge is 0.326 e. The molecule has 4 nitrogen and oxygen atoms in total. The lowest BCUT2D eigenvalue weighted by molar-refractivity contribution is -0.143. The van der Waals surface area contributed by atoms with Crippen molar-refractivity contribution < 1.29 is 14.3 Å². The average molecular weight is 251 g/mol. The highest BCUT2D eigenvalue weighted by molar-refractivity contribution is 5.75. The van der Waals surface area contributed by atoms with Gasteiger partial charge in [-0.1, -0.05) is 12.1 Å². The van der Waals surface area contributed by atoms with E-state index in [1.807, 2.05) is 26.8 Å². The van der Waals surface area contributed by atoms with Crippen LogP contribution in [0.2, 0.25) is 0 Å². The minimum absolute atomic E-state index is 0.258. The van der Waals surface area contributed by atoms with Crippen LogP contribution in [0.15, 0.2) is 12.1 Å². The molecule has 100 valence electrons. The zero-order chi connectivity index (χ0) is 13.7. The Morgan fingerprint density at radius 3 is 2.44 bits per heavy atom. The van der Waals surface area contributed by atoms with E-state index in [0.717, 1.165) is 16.9 Å². The number of likely N-dealkylation sites (N-methyl/N-ethyl adjacent to an activating group) is 1. The number of rotatable bonds is 5. The summed E-state index contributed by atoms with van der Waals surface area (Å²) < 4.78 is 10.5. The van der Waals surface area contributed by atoms with E-state index in [-0.39, 0.29) is 12.6 Å². The van der Waals surface area contributed by atoms with Crippen LogP contribution in [-0.2, 0) is 9.53 Å². The van der Waals surface area contributed by atoms with Crippen LogP contribution in [0.4, 0.5) is 0 Å². The zero-order valence-corrected chi connectivity index (χ0v) is 11.7. The van der Waals surface area contributed by atoms with Gasteiger partial charge in [0.15, 0.2) is 0 Å². The molecule has 18 heavy (non-hydrogen) atoms. The predicted molar refractivity (Wildman–Crippen MR) is 71.0 cm³/mol. The van der Waals surface area contributed by atoms with E-state index in [0.29, 0.717) is 0 Å². The Kier molecular flexibility index (Phi) is 5.16. The van der Waals surface area contributed by atoms with Crippen LogP contribution >= 0.6 is 0 Å². The minimum atomic E-state index is -0.450. The van der Waals surface area contributed by atoms with Gasteiger partial charge in [0.2, 0.25) is 0 Å². The third-order valence-corrected chi connectivity index (χ3v) is 3.10. The van der Waals surface area contributed by atoms with Crippen LogP contribution in [0.5, 0.6) is 5.75 Å². The van der Waals surface area contributed by atoms with Gasteiger partial charge in [-0.3, -0.25) is 4.79 Å². The molecule has 4 heteroatoms. The first-order valence-electron chi connectivity index (χ1n) is 5.96. The van der Waals surface area contributed by atoms with Crippen LogP contribution in [0.3, 0.4) is 0 Å². The lowest BCUT2D eigenvalue weighted by atomic mass is 10.1. The monoisotopic (exact) mass is 251 g/mol. The van der Waals surface area contributed by atoms with E-state index in [1.54, 1.807) is 7.05 Å². The van der Waals surface area contributed by atoms with E-state index >= 15 is 0 Å². The minimum Gasteiger partial charge on any atom is -0.491 e. The summed E-state index contributed by atoms with van der Waals surface area (Å²) >= 11 is 0. The lowest BCUT2D eigenvalue weighted by Gasteiger charge is -2.18. The number of hydrogen-bond donors (Lipinski definition) is 1. The van der Waals surface area contributed by atoms with E-state index in [4.69, 9.17) is 9.47 Å². The first-order valence-corrected chi connectivity index (χ1v) is 5.96. The molecule has 0 bridgehead atoms. The standard InChI is InChI=1S/C14H21NO3/c1-9-6-7-10(2)13(11(9)3)18-8-12(15-4)14(16)17-5/h6-7,12,15H,8H2,1-5H3. The van der Waals surface area contributed by atoms with Gasteiger partial charge in [0.05, 0.1) is 7.11 Å². The number of hydrogen-bond acceptors (Lipinski definition) is 4. The van der Waals surface area contributed by atoms with E-state index < -0.39 is 6.04 Å². The van der Waals surface area contributed by atoms with Gasteiger partial charge in [0.1, 0.15) is 18.4 Å². The highest BCUT2D eigenvalue weighted by Crippen LogP contribution is 2.25. The second kappa shape index (κ2) is 6.40. The van der Waals surface area contributed by atoms with Gasteiger partial charge in [-0.05, 0) is 44.5 Å². The maximum absolute atomic E-state index is 11.4. The summed E-state index contributed by atoms with van der Waals surface area (Å²) in [5, 5.41) is 2.88. The van der Waals surface area contributed by atoms with E-state index in [9.17, 15) is 4.79 Å². The number of carbonyl (C=O) groups excluding carboxylic acids is 1. The van der Waals surface area contributed by atoms with Crippen LogP contribution in [0.1, 0.15) is 16.7 Å². The summed E-state index contributed by atoms with van der Waals surface area (Å²) in [4.78, 5) is 11.4. The maximum atomic E-state index is 11.4. The van der Waals surface area contributed by atoms with Crippen molar-refractivity contribution in [3.05, 3.63) is 28.8 Å². The fourth-order valence-corrected chi connectivity index (χ4v) is 1.73. The summed E-state index contributed by atoms with van der Waals surface area (Å²) in [5.74, 6) is 0.527. The maximum Gasteiger partial charge on any atom is 0.326 e. The van der Waals surface area contributed by atoms with Crippen LogP contribution < -0.4 is 10.1 Å². The molecular formula is C14H21NO3. The van der Waals surface area contributed by atoms with Crippen molar-refractivity contribution in [3.63, 3.8) is 0 Å². The lowest BCUT2D eigenvalue weighted by Crippen LogP contribution is -2.40. The van der Waals surface area contributed by atoms with Crippen molar-refractivity contribution >= 4 is 5.97 Å². The molecule has 0 amide bonds. The third kappa shape index (κ3) is 3.23. The van der Waals surface area contributed by atoms with Crippen LogP contribution in [0, 0.1) is 20.8 Å². The number of carbonyl (C=O) groups is 1. The highest BCUT2D eigenvalue weighted by Gasteiger charge is 2.18. The number of methoxy groups -OCH3 is 1. The Balaban J connectivity index is 2.80. The molecule has 1 N–H and O–H groups in total. The summed E-state index contributed by atoms with van der Waals surface area (Å²) in [6, 6.07) is 3.63. The molecule has 0 radical (unpaired) electrons. The van der Waals surface area contributed by atoms with Crippen molar-refractivity contribution in [1.82, 2.24) is 5.32 Å². The molecular weight excluding hydrogens is 230 g/mol. The molecule has 1 atom stereocenters. The molecule has 1 aromatic rings. The Morgan fingerprint density at radius 1 is 1.28 bits per heavy atom. The molecule has 1 rings (SSSR count). The number of ether oxygens (including phenoxy) is 2. The Morgan fingerprint density at radius 2 is 1.89 bits per heavy atom. The summed E-state index contributed by atoms with van der Waals surface area (Å²) in [5.41, 5.74) is 3.35. The predicted octanol–water partition coefficient (Wildman–Crippen LogP) is 1.75.